The predicted molar refractivity (Wildman–Crippen MR) is 105 cm³/mol. The summed E-state index contributed by atoms with van der Waals surface area (Å²) in [6.07, 6.45) is 5.75. The van der Waals surface area contributed by atoms with Gasteiger partial charge in [0.05, 0.1) is 11.6 Å². The maximum atomic E-state index is 14.2. The molecule has 2 saturated heterocycles. The lowest BCUT2D eigenvalue weighted by molar-refractivity contribution is 0.0615. The van der Waals surface area contributed by atoms with Gasteiger partial charge in [-0.25, -0.2) is 4.39 Å². The summed E-state index contributed by atoms with van der Waals surface area (Å²) in [5.41, 5.74) is 4.14. The summed E-state index contributed by atoms with van der Waals surface area (Å²) in [5.74, 6) is -0.0669. The van der Waals surface area contributed by atoms with Crippen molar-refractivity contribution >= 4 is 11.6 Å². The number of carbonyl (C=O) groups is 1. The number of piperidine rings is 2. The van der Waals surface area contributed by atoms with Crippen molar-refractivity contribution in [2.45, 2.75) is 44.1 Å². The highest BCUT2D eigenvalue weighted by Crippen LogP contribution is 2.50. The second-order valence-electron chi connectivity index (χ2n) is 8.08. The first-order chi connectivity index (χ1) is 13.2. The Morgan fingerprint density at radius 1 is 0.963 bits per heavy atom. The molecule has 0 saturated carbocycles. The van der Waals surface area contributed by atoms with Gasteiger partial charge in [0.25, 0.3) is 5.91 Å². The highest BCUT2D eigenvalue weighted by atomic mass is 19.1. The summed E-state index contributed by atoms with van der Waals surface area (Å²) in [5, 5.41) is 0. The fourth-order valence-corrected chi connectivity index (χ4v) is 5.15. The van der Waals surface area contributed by atoms with E-state index in [9.17, 15) is 9.18 Å². The van der Waals surface area contributed by atoms with Crippen molar-refractivity contribution in [1.29, 1.82) is 0 Å². The van der Waals surface area contributed by atoms with E-state index in [1.807, 2.05) is 4.90 Å². The summed E-state index contributed by atoms with van der Waals surface area (Å²) in [4.78, 5) is 17.5. The van der Waals surface area contributed by atoms with E-state index in [0.717, 1.165) is 25.9 Å². The molecule has 2 atom stereocenters. The van der Waals surface area contributed by atoms with Crippen LogP contribution in [0.3, 0.4) is 0 Å². The molecule has 0 N–H and O–H groups in total. The van der Waals surface area contributed by atoms with Gasteiger partial charge in [0.15, 0.2) is 0 Å². The molecular weight excluding hydrogens is 339 g/mol. The van der Waals surface area contributed by atoms with E-state index in [1.165, 1.54) is 42.1 Å². The zero-order chi connectivity index (χ0) is 18.4. The van der Waals surface area contributed by atoms with Crippen LogP contribution in [0.1, 0.15) is 65.5 Å². The van der Waals surface area contributed by atoms with Crippen LogP contribution in [-0.4, -0.2) is 30.4 Å². The molecule has 2 heterocycles. The Hall–Kier alpha value is -2.36. The lowest BCUT2D eigenvalue weighted by Crippen LogP contribution is -2.38. The van der Waals surface area contributed by atoms with Crippen LogP contribution in [-0.2, 0) is 0 Å². The second-order valence-corrected chi connectivity index (χ2v) is 8.08. The molecule has 0 aromatic heterocycles. The number of anilines is 1. The van der Waals surface area contributed by atoms with E-state index >= 15 is 0 Å². The minimum atomic E-state index is -0.426. The third-order valence-electron chi connectivity index (χ3n) is 6.56. The molecule has 27 heavy (non-hydrogen) atoms. The van der Waals surface area contributed by atoms with E-state index in [4.69, 9.17) is 0 Å². The van der Waals surface area contributed by atoms with Crippen LogP contribution in [0.4, 0.5) is 10.1 Å². The molecule has 5 rings (SSSR count). The number of likely N-dealkylation sites (tertiary alicyclic amines) is 1. The van der Waals surface area contributed by atoms with E-state index in [1.54, 1.807) is 18.2 Å². The molecule has 2 aromatic rings. The van der Waals surface area contributed by atoms with Gasteiger partial charge in [-0.3, -0.25) is 4.79 Å². The molecule has 2 fully saturated rings. The van der Waals surface area contributed by atoms with E-state index in [0.29, 0.717) is 12.5 Å². The summed E-state index contributed by atoms with van der Waals surface area (Å²) in [7, 11) is 0. The predicted octanol–water partition coefficient (Wildman–Crippen LogP) is 4.89. The van der Waals surface area contributed by atoms with Gasteiger partial charge in [-0.15, -0.1) is 0 Å². The molecule has 3 aliphatic rings. The van der Waals surface area contributed by atoms with Crippen LogP contribution < -0.4 is 4.90 Å². The highest BCUT2D eigenvalue weighted by molar-refractivity contribution is 5.95. The van der Waals surface area contributed by atoms with Gasteiger partial charge >= 0.3 is 0 Å². The van der Waals surface area contributed by atoms with Gasteiger partial charge in [0, 0.05) is 25.3 Å². The zero-order valence-electron chi connectivity index (χ0n) is 15.5. The SMILES string of the molecule is O=C(c1ccccc1F)N1CC[C@@H]2CC1c1cc(N3CCCCC3)ccc12. The molecule has 140 valence electrons. The number of hydrogen-bond acceptors (Lipinski definition) is 2. The first-order valence-electron chi connectivity index (χ1n) is 10.2. The summed E-state index contributed by atoms with van der Waals surface area (Å²) in [6, 6.07) is 13.3. The van der Waals surface area contributed by atoms with Gasteiger partial charge in [-0.2, -0.15) is 0 Å². The number of halogens is 1. The van der Waals surface area contributed by atoms with Crippen LogP contribution >= 0.6 is 0 Å². The topological polar surface area (TPSA) is 23.6 Å². The average molecular weight is 364 g/mol. The third-order valence-corrected chi connectivity index (χ3v) is 6.56. The lowest BCUT2D eigenvalue weighted by Gasteiger charge is -2.34. The van der Waals surface area contributed by atoms with Crippen molar-refractivity contribution < 1.29 is 9.18 Å². The Morgan fingerprint density at radius 2 is 1.78 bits per heavy atom. The first-order valence-corrected chi connectivity index (χ1v) is 10.2. The van der Waals surface area contributed by atoms with E-state index in [-0.39, 0.29) is 17.5 Å². The number of fused-ring (bicyclic) bond motifs is 5. The van der Waals surface area contributed by atoms with Crippen molar-refractivity contribution in [1.82, 2.24) is 4.90 Å². The van der Waals surface area contributed by atoms with Crippen LogP contribution in [0.5, 0.6) is 0 Å². The van der Waals surface area contributed by atoms with Crippen LogP contribution in [0.25, 0.3) is 0 Å². The van der Waals surface area contributed by atoms with E-state index in [2.05, 4.69) is 23.1 Å². The molecule has 1 unspecified atom stereocenters. The maximum Gasteiger partial charge on any atom is 0.257 e. The Labute approximate surface area is 159 Å². The maximum absolute atomic E-state index is 14.2. The average Bonchev–Trinajstić information content (AvgIpc) is 3.00. The second kappa shape index (κ2) is 6.66. The third kappa shape index (κ3) is 2.82. The van der Waals surface area contributed by atoms with Gasteiger partial charge < -0.3 is 9.80 Å². The molecule has 1 amide bonds. The standard InChI is InChI=1S/C23H25FN2O/c24-21-7-3-2-6-19(21)23(27)26-13-10-16-14-22(26)20-15-17(8-9-18(16)20)25-11-4-1-5-12-25/h2-3,6-9,15-16,22H,1,4-5,10-14H2/t16-,22?/m1/s1. The number of nitrogens with zero attached hydrogens (tertiary/aromatic N) is 2. The Bertz CT molecular complexity index is 874. The number of carbonyl (C=O) groups excluding carboxylic acids is 1. The largest absolute Gasteiger partial charge is 0.372 e. The molecular formula is C23H25FN2O. The lowest BCUT2D eigenvalue weighted by atomic mass is 9.95. The first kappa shape index (κ1) is 16.8. The normalized spacial score (nSPS) is 24.0. The number of hydrogen-bond donors (Lipinski definition) is 0. The molecule has 2 bridgehead atoms. The molecule has 0 spiro atoms. The van der Waals surface area contributed by atoms with Gasteiger partial charge in [-0.05, 0) is 73.4 Å². The summed E-state index contributed by atoms with van der Waals surface area (Å²) in [6.45, 7) is 2.94. The molecule has 0 radical (unpaired) electrons. The fraction of sp³-hybridized carbons (Fsp3) is 0.435. The summed E-state index contributed by atoms with van der Waals surface area (Å²) < 4.78 is 14.2. The Balaban J connectivity index is 1.48. The Morgan fingerprint density at radius 3 is 2.59 bits per heavy atom. The highest BCUT2D eigenvalue weighted by Gasteiger charge is 2.41. The molecule has 2 aromatic carbocycles. The molecule has 1 aliphatic carbocycles. The molecule has 4 heteroatoms. The molecule has 3 nitrogen and oxygen atoms in total. The van der Waals surface area contributed by atoms with Gasteiger partial charge in [0.2, 0.25) is 0 Å². The minimum Gasteiger partial charge on any atom is -0.372 e. The van der Waals surface area contributed by atoms with Crippen molar-refractivity contribution in [2.24, 2.45) is 0 Å². The van der Waals surface area contributed by atoms with Crippen LogP contribution in [0.2, 0.25) is 0 Å². The van der Waals surface area contributed by atoms with Crippen molar-refractivity contribution in [3.63, 3.8) is 0 Å². The van der Waals surface area contributed by atoms with E-state index < -0.39 is 5.82 Å². The van der Waals surface area contributed by atoms with Gasteiger partial charge in [-0.1, -0.05) is 18.2 Å². The summed E-state index contributed by atoms with van der Waals surface area (Å²) >= 11 is 0. The number of rotatable bonds is 2. The molecule has 2 aliphatic heterocycles. The smallest absolute Gasteiger partial charge is 0.257 e. The number of benzene rings is 2. The monoisotopic (exact) mass is 364 g/mol. The quantitative estimate of drug-likeness (QED) is 0.757. The fourth-order valence-electron chi connectivity index (χ4n) is 5.15. The van der Waals surface area contributed by atoms with Crippen LogP contribution in [0.15, 0.2) is 42.5 Å². The van der Waals surface area contributed by atoms with Crippen molar-refractivity contribution in [3.05, 3.63) is 65.0 Å². The van der Waals surface area contributed by atoms with Crippen molar-refractivity contribution in [2.75, 3.05) is 24.5 Å². The zero-order valence-corrected chi connectivity index (χ0v) is 15.5. The minimum absolute atomic E-state index is 0.0793. The van der Waals surface area contributed by atoms with Gasteiger partial charge in [0.1, 0.15) is 5.82 Å². The van der Waals surface area contributed by atoms with Crippen LogP contribution in [0, 0.1) is 5.82 Å². The Kier molecular flexibility index (Phi) is 4.14. The number of amides is 1. The van der Waals surface area contributed by atoms with Crippen molar-refractivity contribution in [3.8, 4) is 0 Å².